The van der Waals surface area contributed by atoms with Crippen molar-refractivity contribution in [1.82, 2.24) is 14.1 Å². The molecular formula is C54H44N4O. The maximum absolute atomic E-state index is 9.00. The van der Waals surface area contributed by atoms with Crippen molar-refractivity contribution in [3.05, 3.63) is 200 Å². The average Bonchev–Trinajstić information content (AvgIpc) is 3.89. The van der Waals surface area contributed by atoms with Crippen LogP contribution in [0.5, 0.6) is 11.5 Å². The number of ether oxygens (including phenoxy) is 1. The minimum atomic E-state index is -0.564. The third-order valence-electron chi connectivity index (χ3n) is 11.1. The van der Waals surface area contributed by atoms with Gasteiger partial charge < -0.3 is 4.74 Å². The van der Waals surface area contributed by atoms with Crippen LogP contribution in [-0.4, -0.2) is 14.1 Å². The van der Waals surface area contributed by atoms with E-state index in [4.69, 9.17) is 23.4 Å². The minimum Gasteiger partial charge on any atom is -0.458 e. The van der Waals surface area contributed by atoms with E-state index in [1.54, 1.807) is 27.3 Å². The first-order chi connectivity index (χ1) is 33.0. The van der Waals surface area contributed by atoms with E-state index in [2.05, 4.69) is 68.9 Å². The van der Waals surface area contributed by atoms with E-state index in [0.717, 1.165) is 27.6 Å². The summed E-state index contributed by atoms with van der Waals surface area (Å²) >= 11 is 0. The third kappa shape index (κ3) is 6.55. The van der Waals surface area contributed by atoms with Crippen LogP contribution in [0.3, 0.4) is 0 Å². The van der Waals surface area contributed by atoms with Gasteiger partial charge in [-0.25, -0.2) is 4.98 Å². The second kappa shape index (κ2) is 14.6. The summed E-state index contributed by atoms with van der Waals surface area (Å²) in [6.45, 7) is 8.96. The van der Waals surface area contributed by atoms with E-state index < -0.39 is 60.4 Å². The molecule has 5 heteroatoms. The van der Waals surface area contributed by atoms with Crippen molar-refractivity contribution in [1.29, 1.82) is 0 Å². The first-order valence-corrected chi connectivity index (χ1v) is 19.5. The van der Waals surface area contributed by atoms with E-state index in [0.29, 0.717) is 28.2 Å². The van der Waals surface area contributed by atoms with Gasteiger partial charge in [0.25, 0.3) is 6.33 Å². The van der Waals surface area contributed by atoms with Crippen molar-refractivity contribution in [2.45, 2.75) is 33.6 Å². The molecule has 3 aromatic heterocycles. The summed E-state index contributed by atoms with van der Waals surface area (Å²) in [6, 6.07) is 33.0. The summed E-state index contributed by atoms with van der Waals surface area (Å²) in [5, 5.41) is 2.14. The SMILES string of the molecule is [2H]c1c([2H])c([2H])c(-c2cccc(-c3c([2H])c([2H])c([2H])c([2H])c3[2H])c2-[n+]2[c-]n(-c3cccc(Oc4ccc5c6ccccc6n(-c6cc(C(C)C(C)(C)C)ccn6)c5c4)c3)c3ccccc32)c([2H])c1[2H]. The molecule has 0 N–H and O–H groups in total. The van der Waals surface area contributed by atoms with Crippen molar-refractivity contribution in [2.75, 3.05) is 0 Å². The molecule has 286 valence electrons. The second-order valence-electron chi connectivity index (χ2n) is 15.6. The lowest BCUT2D eigenvalue weighted by molar-refractivity contribution is -0.571. The smallest absolute Gasteiger partial charge is 0.269 e. The van der Waals surface area contributed by atoms with Gasteiger partial charge in [-0.1, -0.05) is 155 Å². The summed E-state index contributed by atoms with van der Waals surface area (Å²) < 4.78 is 99.2. The van der Waals surface area contributed by atoms with Crippen LogP contribution in [0, 0.1) is 11.7 Å². The molecule has 7 aromatic carbocycles. The van der Waals surface area contributed by atoms with Crippen molar-refractivity contribution in [3.63, 3.8) is 0 Å². The Labute approximate surface area is 359 Å². The van der Waals surface area contributed by atoms with Crippen molar-refractivity contribution in [2.24, 2.45) is 5.41 Å². The Balaban J connectivity index is 1.13. The molecule has 5 nitrogen and oxygen atoms in total. The van der Waals surface area contributed by atoms with Gasteiger partial charge >= 0.3 is 0 Å². The number of fused-ring (bicyclic) bond motifs is 4. The lowest BCUT2D eigenvalue weighted by atomic mass is 9.78. The molecule has 0 saturated carbocycles. The van der Waals surface area contributed by atoms with Gasteiger partial charge in [0.1, 0.15) is 17.3 Å². The molecule has 0 aliphatic rings. The van der Waals surface area contributed by atoms with E-state index in [1.807, 2.05) is 79.0 Å². The Morgan fingerprint density at radius 1 is 0.644 bits per heavy atom. The van der Waals surface area contributed by atoms with E-state index in [9.17, 15) is 0 Å². The summed E-state index contributed by atoms with van der Waals surface area (Å²) in [5.41, 5.74) is 5.30. The van der Waals surface area contributed by atoms with Gasteiger partial charge in [-0.3, -0.25) is 13.7 Å². The normalized spacial score (nSPS) is 14.7. The number of hydrogen-bond acceptors (Lipinski definition) is 2. The molecule has 0 fully saturated rings. The Kier molecular flexibility index (Phi) is 6.59. The van der Waals surface area contributed by atoms with Crippen LogP contribution < -0.4 is 9.30 Å². The average molecular weight is 775 g/mol. The first kappa shape index (κ1) is 26.6. The molecule has 0 saturated heterocycles. The molecule has 1 atom stereocenters. The molecule has 1 unspecified atom stereocenters. The van der Waals surface area contributed by atoms with E-state index in [-0.39, 0.29) is 39.3 Å². The zero-order valence-corrected chi connectivity index (χ0v) is 32.9. The maximum atomic E-state index is 9.00. The van der Waals surface area contributed by atoms with Gasteiger partial charge in [-0.05, 0) is 87.7 Å². The number of rotatable bonds is 8. The molecule has 0 spiro atoms. The topological polar surface area (TPSA) is 35.9 Å². The van der Waals surface area contributed by atoms with Crippen molar-refractivity contribution in [3.8, 4) is 50.9 Å². The van der Waals surface area contributed by atoms with Gasteiger partial charge in [-0.2, -0.15) is 0 Å². The molecule has 59 heavy (non-hydrogen) atoms. The predicted molar refractivity (Wildman–Crippen MR) is 241 cm³/mol. The van der Waals surface area contributed by atoms with Crippen LogP contribution in [0.4, 0.5) is 0 Å². The molecule has 10 rings (SSSR count). The van der Waals surface area contributed by atoms with Gasteiger partial charge in [0.05, 0.1) is 47.1 Å². The monoisotopic (exact) mass is 774 g/mol. The number of para-hydroxylation sites is 4. The van der Waals surface area contributed by atoms with Gasteiger partial charge in [0.2, 0.25) is 0 Å². The highest BCUT2D eigenvalue weighted by Gasteiger charge is 2.24. The highest BCUT2D eigenvalue weighted by Crippen LogP contribution is 2.39. The van der Waals surface area contributed by atoms with Crippen LogP contribution in [0.2, 0.25) is 0 Å². The fourth-order valence-electron chi connectivity index (χ4n) is 7.78. The van der Waals surface area contributed by atoms with Crippen LogP contribution >= 0.6 is 0 Å². The lowest BCUT2D eigenvalue weighted by Gasteiger charge is -2.27. The summed E-state index contributed by atoms with van der Waals surface area (Å²) in [4.78, 5) is 4.87. The van der Waals surface area contributed by atoms with Gasteiger partial charge in [0.15, 0.2) is 0 Å². The molecule has 0 radical (unpaired) electrons. The molecule has 10 aromatic rings. The number of imidazole rings is 1. The van der Waals surface area contributed by atoms with Gasteiger partial charge in [0, 0.05) is 23.0 Å². The first-order valence-electron chi connectivity index (χ1n) is 24.5. The summed E-state index contributed by atoms with van der Waals surface area (Å²) in [7, 11) is 0. The number of hydrogen-bond donors (Lipinski definition) is 0. The van der Waals surface area contributed by atoms with Crippen LogP contribution in [0.25, 0.3) is 72.3 Å². The van der Waals surface area contributed by atoms with Crippen LogP contribution in [0.15, 0.2) is 188 Å². The second-order valence-corrected chi connectivity index (χ2v) is 15.6. The van der Waals surface area contributed by atoms with Crippen LogP contribution in [0.1, 0.15) is 52.9 Å². The maximum Gasteiger partial charge on any atom is 0.269 e. The van der Waals surface area contributed by atoms with Crippen molar-refractivity contribution >= 4 is 32.8 Å². The summed E-state index contributed by atoms with van der Waals surface area (Å²) in [6.07, 6.45) is 5.31. The molecule has 0 aliphatic heterocycles. The van der Waals surface area contributed by atoms with Crippen molar-refractivity contribution < 1.29 is 23.0 Å². The lowest BCUT2D eigenvalue weighted by Crippen LogP contribution is -2.31. The standard InChI is InChI=1S/C54H44N4O/c1-37(54(2,3)4)40-31-32-55-52(33-40)58-48-26-12-11-23-46(48)47-30-29-43(35-51(47)58)59-42-22-15-21-41(34-42)56-36-57(50-28-14-13-27-49(50)56)53-44(38-17-7-5-8-18-38)24-16-25-45(53)39-19-9-6-10-20-39/h5-35,37H,1-4H3/i5D,6D,7D,8D,9D,10D,17D,18D,19D,20D. The van der Waals surface area contributed by atoms with E-state index in [1.165, 1.54) is 5.56 Å². The van der Waals surface area contributed by atoms with Crippen LogP contribution in [-0.2, 0) is 0 Å². The van der Waals surface area contributed by atoms with Gasteiger partial charge in [-0.15, -0.1) is 0 Å². The fourth-order valence-corrected chi connectivity index (χ4v) is 7.78. The molecule has 0 bridgehead atoms. The molecule has 3 heterocycles. The number of pyridine rings is 1. The molecular weight excluding hydrogens is 721 g/mol. The fraction of sp³-hybridized carbons (Fsp3) is 0.111. The number of aromatic nitrogens is 4. The molecule has 0 amide bonds. The Morgan fingerprint density at radius 3 is 2.02 bits per heavy atom. The highest BCUT2D eigenvalue weighted by molar-refractivity contribution is 6.09. The highest BCUT2D eigenvalue weighted by atomic mass is 16.5. The molecule has 0 aliphatic carbocycles. The number of nitrogens with zero attached hydrogens (tertiary/aromatic N) is 4. The predicted octanol–water partition coefficient (Wildman–Crippen LogP) is 13.5. The largest absolute Gasteiger partial charge is 0.458 e. The van der Waals surface area contributed by atoms with E-state index >= 15 is 0 Å². The quantitative estimate of drug-likeness (QED) is 0.114. The Bertz CT molecular complexity index is 3600. The minimum absolute atomic E-state index is 0.0513. The zero-order chi connectivity index (χ0) is 48.8. The third-order valence-corrected chi connectivity index (χ3v) is 11.1. The summed E-state index contributed by atoms with van der Waals surface area (Å²) in [5.74, 6) is 2.20. The number of benzene rings is 7. The Hall–Kier alpha value is -7.24. The zero-order valence-electron chi connectivity index (χ0n) is 42.9. The Morgan fingerprint density at radius 2 is 1.29 bits per heavy atom.